The van der Waals surface area contributed by atoms with Crippen LogP contribution >= 0.6 is 46.4 Å². The number of aliphatic carboxylic acids is 1. The average molecular weight is 590 g/mol. The van der Waals surface area contributed by atoms with Crippen LogP contribution in [0.1, 0.15) is 52.9 Å². The second-order valence-electron chi connectivity index (χ2n) is 8.75. The van der Waals surface area contributed by atoms with Gasteiger partial charge in [0, 0.05) is 29.3 Å². The molecule has 1 atom stereocenters. The largest absolute Gasteiger partial charge is 0.481 e. The van der Waals surface area contributed by atoms with E-state index in [0.29, 0.717) is 49.4 Å². The SMILES string of the molecule is C=C(C)C(=O)Nc1ccc(Cl)c(Cl)c1.CCCC(C)CC(=O)O.O=C(Nc1ccc(Cl)c(Cl)c1)C1CC1. The van der Waals surface area contributed by atoms with Crippen molar-refractivity contribution >= 4 is 75.6 Å². The van der Waals surface area contributed by atoms with Crippen LogP contribution < -0.4 is 10.6 Å². The van der Waals surface area contributed by atoms with Gasteiger partial charge in [-0.1, -0.05) is 79.7 Å². The first-order chi connectivity index (χ1) is 17.3. The number of carbonyl (C=O) groups excluding carboxylic acids is 2. The molecule has 2 amide bonds. The van der Waals surface area contributed by atoms with E-state index < -0.39 is 5.97 Å². The van der Waals surface area contributed by atoms with E-state index in [2.05, 4.69) is 24.1 Å². The van der Waals surface area contributed by atoms with Gasteiger partial charge in [-0.2, -0.15) is 0 Å². The quantitative estimate of drug-likeness (QED) is 0.268. The Labute approximate surface area is 238 Å². The fourth-order valence-corrected chi connectivity index (χ4v) is 3.46. The molecule has 0 radical (unpaired) electrons. The molecule has 3 rings (SSSR count). The molecule has 1 fully saturated rings. The summed E-state index contributed by atoms with van der Waals surface area (Å²) < 4.78 is 0. The van der Waals surface area contributed by atoms with E-state index in [1.54, 1.807) is 43.3 Å². The normalized spacial score (nSPS) is 12.6. The van der Waals surface area contributed by atoms with Gasteiger partial charge < -0.3 is 15.7 Å². The third-order valence-electron chi connectivity index (χ3n) is 5.00. The topological polar surface area (TPSA) is 95.5 Å². The molecule has 1 aliphatic carbocycles. The van der Waals surface area contributed by atoms with Crippen LogP contribution in [0, 0.1) is 11.8 Å². The van der Waals surface area contributed by atoms with Crippen LogP contribution in [-0.4, -0.2) is 22.9 Å². The van der Waals surface area contributed by atoms with Gasteiger partial charge in [0.25, 0.3) is 5.91 Å². The summed E-state index contributed by atoms with van der Waals surface area (Å²) in [5, 5.41) is 15.6. The van der Waals surface area contributed by atoms with E-state index in [1.807, 2.05) is 6.92 Å². The minimum absolute atomic E-state index is 0.0726. The van der Waals surface area contributed by atoms with Crippen LogP contribution in [0.4, 0.5) is 11.4 Å². The third kappa shape index (κ3) is 13.7. The molecule has 0 bridgehead atoms. The van der Waals surface area contributed by atoms with Crippen LogP contribution in [0.3, 0.4) is 0 Å². The number of carboxylic acids is 1. The summed E-state index contributed by atoms with van der Waals surface area (Å²) in [5.41, 5.74) is 1.75. The summed E-state index contributed by atoms with van der Waals surface area (Å²) in [4.78, 5) is 32.7. The molecule has 0 spiro atoms. The lowest BCUT2D eigenvalue weighted by molar-refractivity contribution is -0.138. The van der Waals surface area contributed by atoms with E-state index in [-0.39, 0.29) is 17.7 Å². The van der Waals surface area contributed by atoms with E-state index in [0.717, 1.165) is 25.7 Å². The molecule has 1 saturated carbocycles. The van der Waals surface area contributed by atoms with Crippen molar-refractivity contribution in [2.75, 3.05) is 10.6 Å². The number of benzene rings is 2. The molecule has 1 unspecified atom stereocenters. The standard InChI is InChI=1S/2C10H9Cl2NO.C7H14O2/c11-8-4-3-7(5-9(8)12)13-10(14)6-1-2-6;1-6(2)10(14)13-7-3-4-8(11)9(12)5-7;1-3-4-6(2)5-7(8)9/h3-6H,1-2H2,(H,13,14);3-5H,1H2,2H3,(H,13,14);6H,3-5H2,1-2H3,(H,8,9). The summed E-state index contributed by atoms with van der Waals surface area (Å²) in [5.74, 6) is -0.306. The monoisotopic (exact) mass is 588 g/mol. The molecule has 1 aliphatic rings. The Morgan fingerprint density at radius 2 is 1.43 bits per heavy atom. The fraction of sp³-hybridized carbons (Fsp3) is 0.370. The van der Waals surface area contributed by atoms with Crippen LogP contribution in [0.5, 0.6) is 0 Å². The van der Waals surface area contributed by atoms with Crippen LogP contribution in [0.25, 0.3) is 0 Å². The minimum atomic E-state index is -0.684. The van der Waals surface area contributed by atoms with E-state index in [1.165, 1.54) is 0 Å². The number of carbonyl (C=O) groups is 3. The van der Waals surface area contributed by atoms with Gasteiger partial charge in [0.05, 0.1) is 20.1 Å². The van der Waals surface area contributed by atoms with Crippen molar-refractivity contribution in [3.63, 3.8) is 0 Å². The Bertz CT molecular complexity index is 1100. The number of halogens is 4. The molecule has 2 aromatic rings. The number of nitrogens with one attached hydrogen (secondary N) is 2. The first kappa shape index (κ1) is 32.8. The molecule has 202 valence electrons. The van der Waals surface area contributed by atoms with Crippen LogP contribution in [0.15, 0.2) is 48.6 Å². The molecule has 37 heavy (non-hydrogen) atoms. The zero-order valence-corrected chi connectivity index (χ0v) is 24.1. The zero-order valence-electron chi connectivity index (χ0n) is 21.0. The lowest BCUT2D eigenvalue weighted by Crippen LogP contribution is -2.13. The predicted octanol–water partition coefficient (Wildman–Crippen LogP) is 8.75. The number of hydrogen-bond donors (Lipinski definition) is 3. The van der Waals surface area contributed by atoms with Crippen molar-refractivity contribution in [3.05, 3.63) is 68.6 Å². The van der Waals surface area contributed by atoms with Crippen LogP contribution in [-0.2, 0) is 14.4 Å². The van der Waals surface area contributed by atoms with E-state index >= 15 is 0 Å². The molecular formula is C27H32Cl4N2O4. The fourth-order valence-electron chi connectivity index (χ4n) is 2.87. The highest BCUT2D eigenvalue weighted by Crippen LogP contribution is 2.31. The van der Waals surface area contributed by atoms with E-state index in [4.69, 9.17) is 51.5 Å². The number of amides is 2. The zero-order chi connectivity index (χ0) is 28.1. The minimum Gasteiger partial charge on any atom is -0.481 e. The Kier molecular flexibility index (Phi) is 14.7. The Hall–Kier alpha value is -2.25. The second kappa shape index (κ2) is 16.6. The number of carboxylic acid groups (broad SMARTS) is 1. The van der Waals surface area contributed by atoms with Crippen molar-refractivity contribution < 1.29 is 19.5 Å². The summed E-state index contributed by atoms with van der Waals surface area (Å²) >= 11 is 23.0. The van der Waals surface area contributed by atoms with E-state index in [9.17, 15) is 14.4 Å². The molecular weight excluding hydrogens is 558 g/mol. The highest BCUT2D eigenvalue weighted by atomic mass is 35.5. The molecule has 6 nitrogen and oxygen atoms in total. The van der Waals surface area contributed by atoms with Gasteiger partial charge >= 0.3 is 5.97 Å². The second-order valence-corrected chi connectivity index (χ2v) is 10.4. The van der Waals surface area contributed by atoms with Crippen molar-refractivity contribution in [3.8, 4) is 0 Å². The highest BCUT2D eigenvalue weighted by molar-refractivity contribution is 6.42. The Morgan fingerprint density at radius 1 is 0.946 bits per heavy atom. The lowest BCUT2D eigenvalue weighted by atomic mass is 10.0. The number of rotatable bonds is 8. The molecule has 3 N–H and O–H groups in total. The van der Waals surface area contributed by atoms with Gasteiger partial charge in [-0.15, -0.1) is 0 Å². The molecule has 0 aliphatic heterocycles. The Morgan fingerprint density at radius 3 is 1.81 bits per heavy atom. The van der Waals surface area contributed by atoms with Gasteiger partial charge in [0.1, 0.15) is 0 Å². The van der Waals surface area contributed by atoms with Gasteiger partial charge in [-0.3, -0.25) is 14.4 Å². The summed E-state index contributed by atoms with van der Waals surface area (Å²) in [6.45, 7) is 9.19. The molecule has 0 saturated heterocycles. The predicted molar refractivity (Wildman–Crippen MR) is 154 cm³/mol. The van der Waals surface area contributed by atoms with Crippen molar-refractivity contribution in [2.45, 2.75) is 52.9 Å². The number of anilines is 2. The van der Waals surface area contributed by atoms with Crippen molar-refractivity contribution in [1.29, 1.82) is 0 Å². The third-order valence-corrected chi connectivity index (χ3v) is 6.48. The smallest absolute Gasteiger partial charge is 0.303 e. The lowest BCUT2D eigenvalue weighted by Gasteiger charge is -2.05. The number of hydrogen-bond acceptors (Lipinski definition) is 3. The molecule has 2 aromatic carbocycles. The maximum absolute atomic E-state index is 11.4. The Balaban J connectivity index is 0.000000286. The molecule has 0 aromatic heterocycles. The highest BCUT2D eigenvalue weighted by Gasteiger charge is 2.29. The van der Waals surface area contributed by atoms with Gasteiger partial charge in [-0.05, 0) is 62.1 Å². The summed E-state index contributed by atoms with van der Waals surface area (Å²) in [6, 6.07) is 9.96. The van der Waals surface area contributed by atoms with Gasteiger partial charge in [0.15, 0.2) is 0 Å². The average Bonchev–Trinajstić information content (AvgIpc) is 3.65. The maximum Gasteiger partial charge on any atom is 0.303 e. The van der Waals surface area contributed by atoms with Crippen molar-refractivity contribution in [2.24, 2.45) is 11.8 Å². The summed E-state index contributed by atoms with van der Waals surface area (Å²) in [7, 11) is 0. The van der Waals surface area contributed by atoms with Crippen molar-refractivity contribution in [1.82, 2.24) is 0 Å². The molecule has 10 heteroatoms. The molecule has 0 heterocycles. The first-order valence-corrected chi connectivity index (χ1v) is 13.2. The maximum atomic E-state index is 11.4. The van der Waals surface area contributed by atoms with Gasteiger partial charge in [-0.25, -0.2) is 0 Å². The van der Waals surface area contributed by atoms with Crippen LogP contribution in [0.2, 0.25) is 20.1 Å². The first-order valence-electron chi connectivity index (χ1n) is 11.7. The summed E-state index contributed by atoms with van der Waals surface area (Å²) in [6.07, 6.45) is 4.40. The van der Waals surface area contributed by atoms with Gasteiger partial charge in [0.2, 0.25) is 5.91 Å².